The van der Waals surface area contributed by atoms with Crippen LogP contribution in [0.2, 0.25) is 5.02 Å². The van der Waals surface area contributed by atoms with Gasteiger partial charge in [0.2, 0.25) is 21.8 Å². The molecule has 1 saturated carbocycles. The standard InChI is InChI=1S/C19H24ClN3O3S/c20-16-8-10-17(11-9-16)27(24,25)23-12-4-7-15(13-23)19-22-21-18(26-19)14-5-2-1-3-6-14/h8-11,14-15H,1-7,12-13H2. The summed E-state index contributed by atoms with van der Waals surface area (Å²) in [7, 11) is -3.55. The Morgan fingerprint density at radius 2 is 1.56 bits per heavy atom. The molecule has 0 amide bonds. The molecule has 27 heavy (non-hydrogen) atoms. The van der Waals surface area contributed by atoms with Gasteiger partial charge in [0.05, 0.1) is 10.8 Å². The second-order valence-corrected chi connectivity index (χ2v) is 9.84. The molecular weight excluding hydrogens is 386 g/mol. The number of benzene rings is 1. The fraction of sp³-hybridized carbons (Fsp3) is 0.579. The molecule has 4 rings (SSSR count). The van der Waals surface area contributed by atoms with Gasteiger partial charge in [-0.3, -0.25) is 0 Å². The highest BCUT2D eigenvalue weighted by molar-refractivity contribution is 7.89. The lowest BCUT2D eigenvalue weighted by molar-refractivity contribution is 0.273. The summed E-state index contributed by atoms with van der Waals surface area (Å²) in [5.74, 6) is 1.61. The van der Waals surface area contributed by atoms with Gasteiger partial charge in [0.15, 0.2) is 0 Å². The first-order chi connectivity index (χ1) is 13.0. The van der Waals surface area contributed by atoms with E-state index in [0.29, 0.717) is 29.9 Å². The molecule has 2 fully saturated rings. The second kappa shape index (κ2) is 7.89. The lowest BCUT2D eigenvalue weighted by atomic mass is 9.89. The summed E-state index contributed by atoms with van der Waals surface area (Å²) in [5.41, 5.74) is 0. The van der Waals surface area contributed by atoms with Crippen LogP contribution in [0.1, 0.15) is 68.6 Å². The van der Waals surface area contributed by atoms with Gasteiger partial charge in [0.25, 0.3) is 0 Å². The molecule has 0 spiro atoms. The number of hydrogen-bond acceptors (Lipinski definition) is 5. The molecule has 1 atom stereocenters. The van der Waals surface area contributed by atoms with Gasteiger partial charge < -0.3 is 4.42 Å². The molecule has 1 saturated heterocycles. The van der Waals surface area contributed by atoms with Crippen LogP contribution in [0.5, 0.6) is 0 Å². The van der Waals surface area contributed by atoms with Crippen molar-refractivity contribution < 1.29 is 12.8 Å². The van der Waals surface area contributed by atoms with Crippen LogP contribution < -0.4 is 0 Å². The van der Waals surface area contributed by atoms with E-state index in [1.165, 1.54) is 23.6 Å². The van der Waals surface area contributed by atoms with Gasteiger partial charge in [-0.1, -0.05) is 30.9 Å². The molecular formula is C19H24ClN3O3S. The van der Waals surface area contributed by atoms with E-state index >= 15 is 0 Å². The Kier molecular flexibility index (Phi) is 5.53. The molecule has 1 aliphatic heterocycles. The van der Waals surface area contributed by atoms with Crippen LogP contribution in [0.25, 0.3) is 0 Å². The molecule has 146 valence electrons. The van der Waals surface area contributed by atoms with Gasteiger partial charge in [-0.25, -0.2) is 8.42 Å². The Balaban J connectivity index is 1.49. The topological polar surface area (TPSA) is 76.3 Å². The van der Waals surface area contributed by atoms with Crippen molar-refractivity contribution >= 4 is 21.6 Å². The van der Waals surface area contributed by atoms with Crippen LogP contribution in [0.15, 0.2) is 33.6 Å². The second-order valence-electron chi connectivity index (χ2n) is 7.47. The SMILES string of the molecule is O=S(=O)(c1ccc(Cl)cc1)N1CCCC(c2nnc(C3CCCCC3)o2)C1. The van der Waals surface area contributed by atoms with Crippen molar-refractivity contribution in [2.75, 3.05) is 13.1 Å². The van der Waals surface area contributed by atoms with E-state index in [0.717, 1.165) is 31.6 Å². The lowest BCUT2D eigenvalue weighted by Crippen LogP contribution is -2.39. The number of piperidine rings is 1. The van der Waals surface area contributed by atoms with Gasteiger partial charge in [-0.2, -0.15) is 4.31 Å². The zero-order valence-electron chi connectivity index (χ0n) is 15.2. The molecule has 2 aliphatic rings. The molecule has 1 aromatic heterocycles. The number of rotatable bonds is 4. The van der Waals surface area contributed by atoms with Crippen LogP contribution in [0.3, 0.4) is 0 Å². The highest BCUT2D eigenvalue weighted by atomic mass is 35.5. The van der Waals surface area contributed by atoms with Crippen LogP contribution >= 0.6 is 11.6 Å². The van der Waals surface area contributed by atoms with Gasteiger partial charge in [-0.05, 0) is 49.9 Å². The summed E-state index contributed by atoms with van der Waals surface area (Å²) in [4.78, 5) is 0.265. The smallest absolute Gasteiger partial charge is 0.243 e. The zero-order valence-corrected chi connectivity index (χ0v) is 16.8. The molecule has 2 aromatic rings. The van der Waals surface area contributed by atoms with Crippen molar-refractivity contribution in [1.29, 1.82) is 0 Å². The normalized spacial score (nSPS) is 22.8. The summed E-state index contributed by atoms with van der Waals surface area (Å²) >= 11 is 5.88. The van der Waals surface area contributed by atoms with Crippen molar-refractivity contribution in [2.24, 2.45) is 0 Å². The van der Waals surface area contributed by atoms with E-state index in [9.17, 15) is 8.42 Å². The third-order valence-electron chi connectivity index (χ3n) is 5.60. The molecule has 8 heteroatoms. The van der Waals surface area contributed by atoms with Gasteiger partial charge in [0, 0.05) is 24.0 Å². The number of nitrogens with zero attached hydrogens (tertiary/aromatic N) is 3. The van der Waals surface area contributed by atoms with Crippen molar-refractivity contribution in [1.82, 2.24) is 14.5 Å². The van der Waals surface area contributed by atoms with Crippen LogP contribution in [-0.4, -0.2) is 36.0 Å². The molecule has 1 unspecified atom stereocenters. The van der Waals surface area contributed by atoms with Gasteiger partial charge >= 0.3 is 0 Å². The highest BCUT2D eigenvalue weighted by Gasteiger charge is 2.33. The maximum absolute atomic E-state index is 12.9. The van der Waals surface area contributed by atoms with E-state index in [2.05, 4.69) is 10.2 Å². The monoisotopic (exact) mass is 409 g/mol. The first kappa shape index (κ1) is 18.9. The minimum atomic E-state index is -3.55. The number of hydrogen-bond donors (Lipinski definition) is 0. The predicted molar refractivity (Wildman–Crippen MR) is 102 cm³/mol. The summed E-state index contributed by atoms with van der Waals surface area (Å²) in [6, 6.07) is 6.30. The minimum absolute atomic E-state index is 0.0503. The van der Waals surface area contributed by atoms with E-state index in [1.54, 1.807) is 24.3 Å². The van der Waals surface area contributed by atoms with Gasteiger partial charge in [0.1, 0.15) is 0 Å². The van der Waals surface area contributed by atoms with E-state index in [-0.39, 0.29) is 10.8 Å². The predicted octanol–water partition coefficient (Wildman–Crippen LogP) is 4.34. The fourth-order valence-corrected chi connectivity index (χ4v) is 5.69. The lowest BCUT2D eigenvalue weighted by Gasteiger charge is -2.30. The molecule has 0 N–H and O–H groups in total. The molecule has 2 heterocycles. The maximum atomic E-state index is 12.9. The Morgan fingerprint density at radius 1 is 0.926 bits per heavy atom. The van der Waals surface area contributed by atoms with E-state index < -0.39 is 10.0 Å². The number of sulfonamides is 1. The molecule has 6 nitrogen and oxygen atoms in total. The van der Waals surface area contributed by atoms with Crippen LogP contribution in [-0.2, 0) is 10.0 Å². The first-order valence-corrected chi connectivity index (χ1v) is 11.4. The van der Waals surface area contributed by atoms with Crippen molar-refractivity contribution in [3.8, 4) is 0 Å². The first-order valence-electron chi connectivity index (χ1n) is 9.63. The molecule has 0 radical (unpaired) electrons. The highest BCUT2D eigenvalue weighted by Crippen LogP contribution is 2.34. The number of aromatic nitrogens is 2. The van der Waals surface area contributed by atoms with Crippen LogP contribution in [0, 0.1) is 0 Å². The fourth-order valence-electron chi connectivity index (χ4n) is 4.04. The summed E-state index contributed by atoms with van der Waals surface area (Å²) < 4.78 is 33.4. The average molecular weight is 410 g/mol. The quantitative estimate of drug-likeness (QED) is 0.750. The van der Waals surface area contributed by atoms with Crippen molar-refractivity contribution in [3.63, 3.8) is 0 Å². The average Bonchev–Trinajstić information content (AvgIpc) is 3.19. The number of halogens is 1. The van der Waals surface area contributed by atoms with Gasteiger partial charge in [-0.15, -0.1) is 10.2 Å². The molecule has 0 bridgehead atoms. The van der Waals surface area contributed by atoms with Crippen molar-refractivity contribution in [2.45, 2.75) is 61.7 Å². The molecule has 1 aromatic carbocycles. The van der Waals surface area contributed by atoms with Crippen LogP contribution in [0.4, 0.5) is 0 Å². The summed E-state index contributed by atoms with van der Waals surface area (Å²) in [6.07, 6.45) is 7.53. The zero-order chi connectivity index (χ0) is 18.9. The maximum Gasteiger partial charge on any atom is 0.243 e. The Morgan fingerprint density at radius 3 is 2.26 bits per heavy atom. The largest absolute Gasteiger partial charge is 0.425 e. The Hall–Kier alpha value is -1.44. The van der Waals surface area contributed by atoms with Crippen molar-refractivity contribution in [3.05, 3.63) is 41.1 Å². The Bertz CT molecular complexity index is 876. The Labute approximate surface area is 165 Å². The third-order valence-corrected chi connectivity index (χ3v) is 7.73. The summed E-state index contributed by atoms with van der Waals surface area (Å²) in [5, 5.41) is 9.05. The third kappa shape index (κ3) is 4.05. The molecule has 1 aliphatic carbocycles. The summed E-state index contributed by atoms with van der Waals surface area (Å²) in [6.45, 7) is 0.877. The van der Waals surface area contributed by atoms with E-state index in [4.69, 9.17) is 16.0 Å². The minimum Gasteiger partial charge on any atom is -0.425 e. The van der Waals surface area contributed by atoms with E-state index in [1.807, 2.05) is 0 Å².